The van der Waals surface area contributed by atoms with Gasteiger partial charge in [-0.25, -0.2) is 0 Å². The zero-order chi connectivity index (χ0) is 45.5. The molecule has 1 heterocycles. The Bertz CT molecular complexity index is 3790. The number of anilines is 3. The third-order valence-electron chi connectivity index (χ3n) is 14.7. The summed E-state index contributed by atoms with van der Waals surface area (Å²) in [7, 11) is 0. The molecule has 2 aliphatic rings. The van der Waals surface area contributed by atoms with Gasteiger partial charge < -0.3 is 9.32 Å². The molecule has 0 aliphatic heterocycles. The molecule has 1 spiro atoms. The lowest BCUT2D eigenvalue weighted by molar-refractivity contribution is 0.668. The maximum Gasteiger partial charge on any atom is 0.143 e. The van der Waals surface area contributed by atoms with E-state index in [1.165, 1.54) is 66.8 Å². The minimum atomic E-state index is -0.564. The van der Waals surface area contributed by atoms with E-state index >= 15 is 0 Å². The van der Waals surface area contributed by atoms with Crippen LogP contribution in [0.4, 0.5) is 17.1 Å². The zero-order valence-corrected chi connectivity index (χ0v) is 37.7. The maximum atomic E-state index is 7.15. The van der Waals surface area contributed by atoms with E-state index in [-0.39, 0.29) is 0 Å². The molecular formula is C67H43NO. The second-order valence-electron chi connectivity index (χ2n) is 18.3. The van der Waals surface area contributed by atoms with Crippen molar-refractivity contribution in [2.75, 3.05) is 4.90 Å². The quantitative estimate of drug-likeness (QED) is 0.159. The van der Waals surface area contributed by atoms with Crippen molar-refractivity contribution in [3.05, 3.63) is 283 Å². The molecule has 322 valence electrons. The minimum Gasteiger partial charge on any atom is -0.455 e. The normalized spacial score (nSPS) is 12.8. The lowest BCUT2D eigenvalue weighted by Crippen LogP contribution is -2.26. The molecule has 2 aliphatic carbocycles. The van der Waals surface area contributed by atoms with E-state index in [0.717, 1.165) is 61.3 Å². The van der Waals surface area contributed by atoms with E-state index in [2.05, 4.69) is 266 Å². The molecule has 2 nitrogen and oxygen atoms in total. The number of furan rings is 1. The molecule has 0 N–H and O–H groups in total. The van der Waals surface area contributed by atoms with Crippen molar-refractivity contribution in [3.8, 4) is 66.8 Å². The molecule has 1 aromatic heterocycles. The first-order valence-electron chi connectivity index (χ1n) is 23.8. The predicted molar refractivity (Wildman–Crippen MR) is 286 cm³/mol. The van der Waals surface area contributed by atoms with Gasteiger partial charge in [-0.2, -0.15) is 0 Å². The third kappa shape index (κ3) is 5.92. The van der Waals surface area contributed by atoms with Crippen LogP contribution in [-0.4, -0.2) is 0 Å². The van der Waals surface area contributed by atoms with Crippen LogP contribution in [-0.2, 0) is 5.41 Å². The second-order valence-corrected chi connectivity index (χ2v) is 18.3. The molecule has 0 amide bonds. The largest absolute Gasteiger partial charge is 0.455 e. The van der Waals surface area contributed by atoms with Crippen molar-refractivity contribution in [1.29, 1.82) is 0 Å². The number of fused-ring (bicyclic) bond motifs is 13. The Hall–Kier alpha value is -8.98. The molecule has 0 atom stereocenters. The molecule has 0 bridgehead atoms. The van der Waals surface area contributed by atoms with Crippen LogP contribution in [0.5, 0.6) is 0 Å². The van der Waals surface area contributed by atoms with Crippen LogP contribution in [0.1, 0.15) is 22.3 Å². The van der Waals surface area contributed by atoms with Gasteiger partial charge in [0.2, 0.25) is 0 Å². The van der Waals surface area contributed by atoms with Gasteiger partial charge in [-0.15, -0.1) is 0 Å². The lowest BCUT2D eigenvalue weighted by atomic mass is 9.68. The lowest BCUT2D eigenvalue weighted by Gasteiger charge is -2.32. The third-order valence-corrected chi connectivity index (χ3v) is 14.7. The van der Waals surface area contributed by atoms with Crippen molar-refractivity contribution in [2.45, 2.75) is 5.41 Å². The van der Waals surface area contributed by atoms with E-state index < -0.39 is 5.41 Å². The van der Waals surface area contributed by atoms with Gasteiger partial charge in [0, 0.05) is 33.4 Å². The van der Waals surface area contributed by atoms with Crippen molar-refractivity contribution < 1.29 is 4.42 Å². The van der Waals surface area contributed by atoms with Crippen molar-refractivity contribution in [2.24, 2.45) is 0 Å². The van der Waals surface area contributed by atoms with Crippen LogP contribution in [0, 0.1) is 0 Å². The number of para-hydroxylation sites is 1. The molecule has 0 unspecified atom stereocenters. The van der Waals surface area contributed by atoms with Crippen LogP contribution in [0.25, 0.3) is 88.7 Å². The minimum absolute atomic E-state index is 0.564. The highest BCUT2D eigenvalue weighted by Gasteiger charge is 2.53. The predicted octanol–water partition coefficient (Wildman–Crippen LogP) is 18.1. The van der Waals surface area contributed by atoms with Crippen LogP contribution >= 0.6 is 0 Å². The monoisotopic (exact) mass is 877 g/mol. The fourth-order valence-corrected chi connectivity index (χ4v) is 11.7. The van der Waals surface area contributed by atoms with E-state index in [1.807, 2.05) is 0 Å². The summed E-state index contributed by atoms with van der Waals surface area (Å²) >= 11 is 0. The van der Waals surface area contributed by atoms with Gasteiger partial charge in [0.15, 0.2) is 0 Å². The van der Waals surface area contributed by atoms with E-state index in [0.29, 0.717) is 0 Å². The maximum absolute atomic E-state index is 7.15. The van der Waals surface area contributed by atoms with Gasteiger partial charge in [-0.05, 0) is 132 Å². The Morgan fingerprint density at radius 2 is 0.681 bits per heavy atom. The molecule has 0 fully saturated rings. The number of hydrogen-bond donors (Lipinski definition) is 0. The Kier molecular flexibility index (Phi) is 8.84. The highest BCUT2D eigenvalue weighted by Crippen LogP contribution is 2.66. The summed E-state index contributed by atoms with van der Waals surface area (Å²) in [6, 6.07) is 95.2. The first-order valence-corrected chi connectivity index (χ1v) is 23.8. The summed E-state index contributed by atoms with van der Waals surface area (Å²) < 4.78 is 7.15. The SMILES string of the molecule is c1ccc(-c2ccc(N(c3ccc(-c4ccccc4)cc3)c3ccc(-c4ccccc4-c4c5c(cc6c4oc4ccccc46)-c4ccccc4C54c5ccccc5-c5ccccc54)cc3)cc2)cc1. The molecular weight excluding hydrogens is 835 g/mol. The number of nitrogens with zero attached hydrogens (tertiary/aromatic N) is 1. The van der Waals surface area contributed by atoms with E-state index in [4.69, 9.17) is 4.42 Å². The highest BCUT2D eigenvalue weighted by molar-refractivity contribution is 6.16. The first kappa shape index (κ1) is 39.2. The molecule has 11 aromatic carbocycles. The van der Waals surface area contributed by atoms with Crippen LogP contribution in [0.15, 0.2) is 265 Å². The van der Waals surface area contributed by atoms with Gasteiger partial charge in [-0.1, -0.05) is 212 Å². The fraction of sp³-hybridized carbons (Fsp3) is 0.0149. The van der Waals surface area contributed by atoms with Crippen molar-refractivity contribution in [1.82, 2.24) is 0 Å². The first-order chi connectivity index (χ1) is 34.2. The van der Waals surface area contributed by atoms with Crippen LogP contribution in [0.3, 0.4) is 0 Å². The Morgan fingerprint density at radius 1 is 0.290 bits per heavy atom. The van der Waals surface area contributed by atoms with Crippen molar-refractivity contribution >= 4 is 39.0 Å². The van der Waals surface area contributed by atoms with Gasteiger partial charge in [0.25, 0.3) is 0 Å². The number of hydrogen-bond acceptors (Lipinski definition) is 2. The summed E-state index contributed by atoms with van der Waals surface area (Å²) in [5.41, 5.74) is 24.1. The van der Waals surface area contributed by atoms with Crippen LogP contribution < -0.4 is 4.90 Å². The summed E-state index contributed by atoms with van der Waals surface area (Å²) in [4.78, 5) is 2.36. The average molecular weight is 878 g/mol. The van der Waals surface area contributed by atoms with E-state index in [1.54, 1.807) is 0 Å². The van der Waals surface area contributed by atoms with E-state index in [9.17, 15) is 0 Å². The standard InChI is InChI=1S/C67H43NO/c1-3-17-44(18-4-1)46-31-37-49(38-32-46)68(50-39-33-47(34-40-50)45-19-5-2-6-20-45)51-41-35-48(36-42-51)52-21-7-8-26-57(52)64-65-58(43-59-56-25-12-16-30-63(56)69-66(59)64)55-24-11-15-29-62(55)67(65)60-27-13-9-22-53(60)54-23-10-14-28-61(54)67/h1-43H. The van der Waals surface area contributed by atoms with Gasteiger partial charge in [-0.3, -0.25) is 0 Å². The Labute approximate surface area is 401 Å². The Balaban J connectivity index is 0.966. The zero-order valence-electron chi connectivity index (χ0n) is 37.7. The van der Waals surface area contributed by atoms with Crippen LogP contribution in [0.2, 0.25) is 0 Å². The molecule has 0 radical (unpaired) electrons. The number of rotatable bonds is 7. The molecule has 0 saturated carbocycles. The second kappa shape index (κ2) is 15.6. The summed E-state index contributed by atoms with van der Waals surface area (Å²) in [5, 5.41) is 2.25. The average Bonchev–Trinajstić information content (AvgIpc) is 4.05. The Morgan fingerprint density at radius 3 is 1.20 bits per heavy atom. The number of benzene rings is 11. The molecule has 2 heteroatoms. The summed E-state index contributed by atoms with van der Waals surface area (Å²) in [6.07, 6.45) is 0. The summed E-state index contributed by atoms with van der Waals surface area (Å²) in [5.74, 6) is 0. The smallest absolute Gasteiger partial charge is 0.143 e. The molecule has 69 heavy (non-hydrogen) atoms. The van der Waals surface area contributed by atoms with Gasteiger partial charge in [0.1, 0.15) is 11.2 Å². The fourth-order valence-electron chi connectivity index (χ4n) is 11.7. The summed E-state index contributed by atoms with van der Waals surface area (Å²) in [6.45, 7) is 0. The topological polar surface area (TPSA) is 16.4 Å². The molecule has 0 saturated heterocycles. The molecule has 14 rings (SSSR count). The van der Waals surface area contributed by atoms with Crippen molar-refractivity contribution in [3.63, 3.8) is 0 Å². The van der Waals surface area contributed by atoms with Gasteiger partial charge in [0.05, 0.1) is 5.41 Å². The molecule has 12 aromatic rings. The highest BCUT2D eigenvalue weighted by atomic mass is 16.3. The van der Waals surface area contributed by atoms with Gasteiger partial charge >= 0.3 is 0 Å².